The fourth-order valence-electron chi connectivity index (χ4n) is 1.63. The van der Waals surface area contributed by atoms with Crippen LogP contribution >= 0.6 is 0 Å². The predicted octanol–water partition coefficient (Wildman–Crippen LogP) is 2.66. The zero-order chi connectivity index (χ0) is 13.6. The second-order valence-corrected chi connectivity index (χ2v) is 5.10. The van der Waals surface area contributed by atoms with Gasteiger partial charge in [-0.3, -0.25) is 0 Å². The summed E-state index contributed by atoms with van der Waals surface area (Å²) >= 11 is 0. The highest BCUT2D eigenvalue weighted by Gasteiger charge is 2.15. The summed E-state index contributed by atoms with van der Waals surface area (Å²) in [6.07, 6.45) is 3.05. The number of carbonyl (C=O) groups excluding carboxylic acids is 2. The van der Waals surface area contributed by atoms with Crippen molar-refractivity contribution >= 4 is 12.2 Å². The molecule has 0 unspecified atom stereocenters. The number of hydrogen-bond acceptors (Lipinski definition) is 4. The minimum absolute atomic E-state index is 0.0133. The first kappa shape index (κ1) is 14.0. The van der Waals surface area contributed by atoms with Crippen molar-refractivity contribution in [3.63, 3.8) is 0 Å². The van der Waals surface area contributed by atoms with E-state index in [-0.39, 0.29) is 5.41 Å². The number of benzene rings is 1. The highest BCUT2D eigenvalue weighted by atomic mass is 16.1. The molecule has 0 heterocycles. The molecule has 4 heteroatoms. The third kappa shape index (κ3) is 4.10. The molecule has 1 rings (SSSR count). The van der Waals surface area contributed by atoms with E-state index < -0.39 is 0 Å². The molecule has 0 aromatic heterocycles. The molecule has 1 aromatic rings. The Morgan fingerprint density at radius 3 is 1.72 bits per heavy atom. The van der Waals surface area contributed by atoms with Gasteiger partial charge in [0.25, 0.3) is 0 Å². The Labute approximate surface area is 106 Å². The Kier molecular flexibility index (Phi) is 4.73. The molecule has 0 aliphatic heterocycles. The molecule has 0 spiro atoms. The van der Waals surface area contributed by atoms with Gasteiger partial charge in [0.05, 0.1) is 13.1 Å². The molecule has 4 nitrogen and oxygen atoms in total. The fraction of sp³-hybridized carbons (Fsp3) is 0.429. The van der Waals surface area contributed by atoms with Crippen LogP contribution in [0.5, 0.6) is 0 Å². The summed E-state index contributed by atoms with van der Waals surface area (Å²) in [6, 6.07) is 5.90. The number of nitrogens with zero attached hydrogens (tertiary/aromatic N) is 2. The van der Waals surface area contributed by atoms with Gasteiger partial charge >= 0.3 is 0 Å². The maximum atomic E-state index is 10.2. The summed E-state index contributed by atoms with van der Waals surface area (Å²) in [6.45, 7) is 6.89. The van der Waals surface area contributed by atoms with E-state index >= 15 is 0 Å². The topological polar surface area (TPSA) is 58.9 Å². The summed E-state index contributed by atoms with van der Waals surface area (Å²) in [5.74, 6) is 0. The van der Waals surface area contributed by atoms with Crippen molar-refractivity contribution in [1.29, 1.82) is 0 Å². The number of rotatable bonds is 4. The molecule has 0 radical (unpaired) electrons. The van der Waals surface area contributed by atoms with E-state index in [9.17, 15) is 9.59 Å². The van der Waals surface area contributed by atoms with E-state index in [1.54, 1.807) is 0 Å². The summed E-state index contributed by atoms with van der Waals surface area (Å²) in [5.41, 5.74) is 2.95. The highest BCUT2D eigenvalue weighted by Crippen LogP contribution is 2.25. The van der Waals surface area contributed by atoms with Crippen LogP contribution in [0.2, 0.25) is 0 Å². The van der Waals surface area contributed by atoms with Gasteiger partial charge in [0.1, 0.15) is 0 Å². The Bertz CT molecular complexity index is 479. The molecular formula is C14H16N2O2. The van der Waals surface area contributed by atoms with Crippen LogP contribution in [-0.4, -0.2) is 12.2 Å². The summed E-state index contributed by atoms with van der Waals surface area (Å²) in [5, 5.41) is 0. The first-order valence-electron chi connectivity index (χ1n) is 5.68. The SMILES string of the molecule is CC(C)(C)c1cc(CN=C=O)cc(CN=C=O)c1. The van der Waals surface area contributed by atoms with Gasteiger partial charge in [0.2, 0.25) is 12.2 Å². The largest absolute Gasteiger partial charge is 0.235 e. The van der Waals surface area contributed by atoms with Gasteiger partial charge in [0.15, 0.2) is 0 Å². The average Bonchev–Trinajstić information content (AvgIpc) is 2.32. The smallest absolute Gasteiger partial charge is 0.211 e. The predicted molar refractivity (Wildman–Crippen MR) is 68.8 cm³/mol. The second kappa shape index (κ2) is 6.06. The van der Waals surface area contributed by atoms with Crippen LogP contribution < -0.4 is 0 Å². The van der Waals surface area contributed by atoms with E-state index in [4.69, 9.17) is 0 Å². The Hall–Kier alpha value is -2.02. The third-order valence-corrected chi connectivity index (χ3v) is 2.57. The van der Waals surface area contributed by atoms with Crippen LogP contribution in [-0.2, 0) is 28.1 Å². The molecule has 18 heavy (non-hydrogen) atoms. The van der Waals surface area contributed by atoms with Gasteiger partial charge in [-0.15, -0.1) is 0 Å². The first-order chi connectivity index (χ1) is 8.47. The van der Waals surface area contributed by atoms with Crippen molar-refractivity contribution in [2.24, 2.45) is 9.98 Å². The van der Waals surface area contributed by atoms with Crippen molar-refractivity contribution in [3.8, 4) is 0 Å². The summed E-state index contributed by atoms with van der Waals surface area (Å²) in [7, 11) is 0. The minimum atomic E-state index is -0.0133. The maximum Gasteiger partial charge on any atom is 0.235 e. The lowest BCUT2D eigenvalue weighted by molar-refractivity contribution is 0.562. The van der Waals surface area contributed by atoms with Gasteiger partial charge in [-0.25, -0.2) is 19.6 Å². The van der Waals surface area contributed by atoms with Crippen LogP contribution in [0.1, 0.15) is 37.5 Å². The van der Waals surface area contributed by atoms with E-state index in [1.165, 1.54) is 12.2 Å². The minimum Gasteiger partial charge on any atom is -0.211 e. The molecule has 0 bridgehead atoms. The molecule has 0 atom stereocenters. The van der Waals surface area contributed by atoms with Crippen LogP contribution in [0, 0.1) is 0 Å². The van der Waals surface area contributed by atoms with Crippen molar-refractivity contribution < 1.29 is 9.59 Å². The number of hydrogen-bond donors (Lipinski definition) is 0. The molecule has 0 saturated heterocycles. The fourth-order valence-corrected chi connectivity index (χ4v) is 1.63. The normalized spacial score (nSPS) is 10.4. The van der Waals surface area contributed by atoms with Crippen molar-refractivity contribution in [2.75, 3.05) is 0 Å². The van der Waals surface area contributed by atoms with Crippen LogP contribution in [0.25, 0.3) is 0 Å². The van der Waals surface area contributed by atoms with Gasteiger partial charge in [-0.05, 0) is 22.1 Å². The molecular weight excluding hydrogens is 228 g/mol. The van der Waals surface area contributed by atoms with Crippen molar-refractivity contribution in [2.45, 2.75) is 39.3 Å². The lowest BCUT2D eigenvalue weighted by atomic mass is 9.85. The zero-order valence-corrected chi connectivity index (χ0v) is 10.9. The quantitative estimate of drug-likeness (QED) is 0.604. The van der Waals surface area contributed by atoms with E-state index in [0.717, 1.165) is 16.7 Å². The molecule has 0 saturated carbocycles. The van der Waals surface area contributed by atoms with Gasteiger partial charge < -0.3 is 0 Å². The van der Waals surface area contributed by atoms with Crippen LogP contribution in [0.15, 0.2) is 28.2 Å². The van der Waals surface area contributed by atoms with E-state index in [2.05, 4.69) is 30.8 Å². The standard InChI is InChI=1S/C14H16N2O2/c1-14(2,3)13-5-11(7-15-9-17)4-12(6-13)8-16-10-18/h4-6H,7-8H2,1-3H3. The maximum absolute atomic E-state index is 10.2. The van der Waals surface area contributed by atoms with E-state index in [0.29, 0.717) is 13.1 Å². The lowest BCUT2D eigenvalue weighted by Crippen LogP contribution is -2.12. The summed E-state index contributed by atoms with van der Waals surface area (Å²) in [4.78, 5) is 27.5. The molecule has 0 fully saturated rings. The Morgan fingerprint density at radius 2 is 1.39 bits per heavy atom. The first-order valence-corrected chi connectivity index (χ1v) is 5.68. The average molecular weight is 244 g/mol. The molecule has 0 aliphatic rings. The van der Waals surface area contributed by atoms with E-state index in [1.807, 2.05) is 18.2 Å². The summed E-state index contributed by atoms with van der Waals surface area (Å²) < 4.78 is 0. The third-order valence-electron chi connectivity index (χ3n) is 2.57. The van der Waals surface area contributed by atoms with Crippen molar-refractivity contribution in [1.82, 2.24) is 0 Å². The highest BCUT2D eigenvalue weighted by molar-refractivity contribution is 5.38. The lowest BCUT2D eigenvalue weighted by Gasteiger charge is -2.20. The van der Waals surface area contributed by atoms with Gasteiger partial charge in [0, 0.05) is 0 Å². The van der Waals surface area contributed by atoms with Crippen LogP contribution in [0.4, 0.5) is 0 Å². The number of aliphatic imine (C=N–C) groups is 2. The monoisotopic (exact) mass is 244 g/mol. The molecule has 0 amide bonds. The molecule has 1 aromatic carbocycles. The van der Waals surface area contributed by atoms with Crippen LogP contribution in [0.3, 0.4) is 0 Å². The molecule has 0 aliphatic carbocycles. The van der Waals surface area contributed by atoms with Crippen molar-refractivity contribution in [3.05, 3.63) is 34.9 Å². The molecule has 94 valence electrons. The number of isocyanates is 2. The molecule has 0 N–H and O–H groups in total. The van der Waals surface area contributed by atoms with Gasteiger partial charge in [-0.2, -0.15) is 0 Å². The second-order valence-electron chi connectivity index (χ2n) is 5.10. The van der Waals surface area contributed by atoms with Gasteiger partial charge in [-0.1, -0.05) is 39.0 Å². The Balaban J connectivity index is 3.18. The zero-order valence-electron chi connectivity index (χ0n) is 10.9. The Morgan fingerprint density at radius 1 is 0.944 bits per heavy atom.